The lowest BCUT2D eigenvalue weighted by Crippen LogP contribution is -2.30. The molecule has 3 aromatic rings. The number of alkyl halides is 3. The number of ether oxygens (including phenoxy) is 1. The van der Waals surface area contributed by atoms with Gasteiger partial charge >= 0.3 is 12.1 Å². The Balaban J connectivity index is 1.39. The quantitative estimate of drug-likeness (QED) is 0.182. The molecule has 1 aliphatic rings. The van der Waals surface area contributed by atoms with Crippen molar-refractivity contribution >= 4 is 58.4 Å². The number of thioether (sulfide) groups is 1. The van der Waals surface area contributed by atoms with Crippen molar-refractivity contribution in [1.82, 2.24) is 5.32 Å². The number of carbonyl (C=O) groups excluding carboxylic acids is 3. The van der Waals surface area contributed by atoms with Crippen LogP contribution in [0.25, 0.3) is 0 Å². The molecule has 0 spiro atoms. The lowest BCUT2D eigenvalue weighted by molar-refractivity contribution is -0.154. The zero-order chi connectivity index (χ0) is 32.8. The van der Waals surface area contributed by atoms with Gasteiger partial charge in [-0.15, -0.1) is 0 Å². The Hall–Kier alpha value is -4.03. The van der Waals surface area contributed by atoms with Crippen LogP contribution in [0.2, 0.25) is 5.02 Å². The maximum atomic E-state index is 13.2. The molecule has 2 N–H and O–H groups in total. The third-order valence-electron chi connectivity index (χ3n) is 6.33. The zero-order valence-electron chi connectivity index (χ0n) is 24.8. The molecule has 45 heavy (non-hydrogen) atoms. The highest BCUT2D eigenvalue weighted by Gasteiger charge is 2.31. The van der Waals surface area contributed by atoms with Crippen molar-refractivity contribution in [1.29, 1.82) is 0 Å². The highest BCUT2D eigenvalue weighted by Crippen LogP contribution is 2.32. The van der Waals surface area contributed by atoms with E-state index in [1.165, 1.54) is 35.3 Å². The molecule has 1 aliphatic heterocycles. The molecule has 3 aromatic carbocycles. The second-order valence-corrected chi connectivity index (χ2v) is 12.7. The number of hydrazone groups is 1. The largest absolute Gasteiger partial charge is 0.460 e. The van der Waals surface area contributed by atoms with E-state index in [9.17, 15) is 27.6 Å². The summed E-state index contributed by atoms with van der Waals surface area (Å²) in [6, 6.07) is 16.2. The summed E-state index contributed by atoms with van der Waals surface area (Å²) in [6.45, 7) is 5.72. The van der Waals surface area contributed by atoms with Crippen molar-refractivity contribution in [3.05, 3.63) is 94.0 Å². The van der Waals surface area contributed by atoms with Crippen LogP contribution in [0.15, 0.2) is 71.8 Å². The summed E-state index contributed by atoms with van der Waals surface area (Å²) in [6.07, 6.45) is -3.93. The Morgan fingerprint density at radius 3 is 2.47 bits per heavy atom. The average Bonchev–Trinajstić information content (AvgIpc) is 3.43. The van der Waals surface area contributed by atoms with E-state index in [1.807, 2.05) is 26.8 Å². The number of nitrogens with one attached hydrogen (secondary N) is 2. The lowest BCUT2D eigenvalue weighted by Gasteiger charge is -2.19. The smallest absolute Gasteiger partial charge is 0.416 e. The maximum Gasteiger partial charge on any atom is 0.416 e. The number of halogens is 4. The van der Waals surface area contributed by atoms with Crippen LogP contribution in [0.5, 0.6) is 0 Å². The van der Waals surface area contributed by atoms with Gasteiger partial charge in [0.05, 0.1) is 28.9 Å². The predicted octanol–water partition coefficient (Wildman–Crippen LogP) is 7.53. The fourth-order valence-electron chi connectivity index (χ4n) is 4.32. The molecule has 0 bridgehead atoms. The minimum absolute atomic E-state index is 0.0879. The monoisotopic (exact) mass is 660 g/mol. The number of hydrogen-bond acceptors (Lipinski definition) is 7. The van der Waals surface area contributed by atoms with Gasteiger partial charge in [-0.3, -0.25) is 19.4 Å². The number of carbonyl (C=O) groups is 3. The molecular weight excluding hydrogens is 629 g/mol. The number of anilines is 2. The van der Waals surface area contributed by atoms with Gasteiger partial charge < -0.3 is 15.4 Å². The number of amides is 2. The van der Waals surface area contributed by atoms with Crippen molar-refractivity contribution in [2.45, 2.75) is 51.1 Å². The molecule has 8 nitrogen and oxygen atoms in total. The molecule has 0 fully saturated rings. The number of esters is 1. The van der Waals surface area contributed by atoms with Gasteiger partial charge in [-0.05, 0) is 74.9 Å². The highest BCUT2D eigenvalue weighted by molar-refractivity contribution is 7.98. The SMILES string of the molecule is CC(C)(C)OC(=O)CCSCc1cccc(C(=O)Nc2ccc(Cl)cc2C(=O)NC2=NN(c3cccc(C(F)(F)F)c3)CC2)c1. The van der Waals surface area contributed by atoms with Gasteiger partial charge in [-0.25, -0.2) is 0 Å². The molecule has 0 atom stereocenters. The Labute approximate surface area is 268 Å². The number of nitrogens with zero attached hydrogens (tertiary/aromatic N) is 2. The van der Waals surface area contributed by atoms with E-state index in [1.54, 1.807) is 30.0 Å². The summed E-state index contributed by atoms with van der Waals surface area (Å²) in [7, 11) is 0. The van der Waals surface area contributed by atoms with Gasteiger partial charge in [0, 0.05) is 35.1 Å². The first kappa shape index (κ1) is 33.9. The molecule has 1 heterocycles. The van der Waals surface area contributed by atoms with E-state index in [-0.39, 0.29) is 53.2 Å². The van der Waals surface area contributed by atoms with Crippen molar-refractivity contribution < 1.29 is 32.3 Å². The van der Waals surface area contributed by atoms with Crippen molar-refractivity contribution in [2.24, 2.45) is 5.10 Å². The van der Waals surface area contributed by atoms with Crippen LogP contribution < -0.4 is 15.6 Å². The molecule has 4 rings (SSSR count). The van der Waals surface area contributed by atoms with Crippen LogP contribution in [0, 0.1) is 0 Å². The van der Waals surface area contributed by atoms with E-state index in [0.29, 0.717) is 17.1 Å². The van der Waals surface area contributed by atoms with Gasteiger partial charge in [0.1, 0.15) is 11.4 Å². The van der Waals surface area contributed by atoms with Gasteiger partial charge in [-0.1, -0.05) is 29.8 Å². The minimum Gasteiger partial charge on any atom is -0.460 e. The summed E-state index contributed by atoms with van der Waals surface area (Å²) < 4.78 is 44.7. The van der Waals surface area contributed by atoms with E-state index >= 15 is 0 Å². The molecule has 2 amide bonds. The van der Waals surface area contributed by atoms with Crippen molar-refractivity contribution in [3.8, 4) is 0 Å². The predicted molar refractivity (Wildman–Crippen MR) is 171 cm³/mol. The topological polar surface area (TPSA) is 100 Å². The fraction of sp³-hybridized carbons (Fsp3) is 0.312. The second kappa shape index (κ2) is 14.4. The van der Waals surface area contributed by atoms with Crippen LogP contribution in [0.1, 0.15) is 65.5 Å². The Kier molecular flexibility index (Phi) is 10.8. The van der Waals surface area contributed by atoms with Crippen LogP contribution in [-0.4, -0.2) is 41.5 Å². The highest BCUT2D eigenvalue weighted by atomic mass is 35.5. The third kappa shape index (κ3) is 9.98. The average molecular weight is 661 g/mol. The van der Waals surface area contributed by atoms with Crippen molar-refractivity contribution in [3.63, 3.8) is 0 Å². The van der Waals surface area contributed by atoms with Crippen LogP contribution >= 0.6 is 23.4 Å². The molecule has 0 saturated carbocycles. The number of amidine groups is 1. The Bertz CT molecular complexity index is 1610. The summed E-state index contributed by atoms with van der Waals surface area (Å²) in [5.74, 6) is 0.106. The van der Waals surface area contributed by atoms with Gasteiger partial charge in [-0.2, -0.15) is 30.0 Å². The van der Waals surface area contributed by atoms with Crippen LogP contribution in [0.4, 0.5) is 24.5 Å². The standard InChI is InChI=1S/C32H32ClF3N4O4S/c1-31(2,3)44-28(41)13-15-45-19-20-6-4-7-21(16-20)29(42)37-26-11-10-23(33)18-25(26)30(43)38-27-12-14-40(39-27)24-9-5-8-22(17-24)32(34,35)36/h4-11,16-18H,12-15,19H2,1-3H3,(H,37,42)(H,38,39,43). The molecule has 13 heteroatoms. The fourth-order valence-corrected chi connectivity index (χ4v) is 5.36. The Morgan fingerprint density at radius 1 is 0.978 bits per heavy atom. The van der Waals surface area contributed by atoms with Gasteiger partial charge in [0.25, 0.3) is 11.8 Å². The lowest BCUT2D eigenvalue weighted by atomic mass is 10.1. The minimum atomic E-state index is -4.49. The molecule has 0 saturated heterocycles. The van der Waals surface area contributed by atoms with Gasteiger partial charge in [0.15, 0.2) is 0 Å². The van der Waals surface area contributed by atoms with E-state index in [2.05, 4.69) is 15.7 Å². The van der Waals surface area contributed by atoms with Crippen molar-refractivity contribution in [2.75, 3.05) is 22.6 Å². The number of hydrogen-bond donors (Lipinski definition) is 2. The van der Waals surface area contributed by atoms with E-state index in [0.717, 1.165) is 17.7 Å². The van der Waals surface area contributed by atoms with Crippen LogP contribution in [0.3, 0.4) is 0 Å². The summed E-state index contributed by atoms with van der Waals surface area (Å²) >= 11 is 7.71. The molecular formula is C32H32ClF3N4O4S. The zero-order valence-corrected chi connectivity index (χ0v) is 26.4. The third-order valence-corrected chi connectivity index (χ3v) is 7.60. The Morgan fingerprint density at radius 2 is 1.73 bits per heavy atom. The first-order chi connectivity index (χ1) is 21.2. The van der Waals surface area contributed by atoms with E-state index in [4.69, 9.17) is 16.3 Å². The summed E-state index contributed by atoms with van der Waals surface area (Å²) in [5.41, 5.74) is 0.476. The molecule has 0 radical (unpaired) electrons. The second-order valence-electron chi connectivity index (χ2n) is 11.2. The van der Waals surface area contributed by atoms with Crippen LogP contribution in [-0.2, 0) is 21.5 Å². The summed E-state index contributed by atoms with van der Waals surface area (Å²) in [5, 5.41) is 11.4. The number of benzene rings is 3. The molecule has 0 aliphatic carbocycles. The molecule has 0 unspecified atom stereocenters. The molecule has 238 valence electrons. The van der Waals surface area contributed by atoms with Gasteiger partial charge in [0.2, 0.25) is 0 Å². The molecule has 0 aromatic heterocycles. The maximum absolute atomic E-state index is 13.2. The van der Waals surface area contributed by atoms with E-state index < -0.39 is 29.2 Å². The number of rotatable bonds is 9. The first-order valence-corrected chi connectivity index (χ1v) is 15.5. The summed E-state index contributed by atoms with van der Waals surface area (Å²) in [4.78, 5) is 38.3. The first-order valence-electron chi connectivity index (χ1n) is 14.0. The normalized spacial score (nSPS) is 13.3.